The highest BCUT2D eigenvalue weighted by Crippen LogP contribution is 2.40. The molecule has 0 saturated carbocycles. The Morgan fingerprint density at radius 2 is 1.57 bits per heavy atom. The molecule has 2 aromatic carbocycles. The van der Waals surface area contributed by atoms with E-state index in [0.717, 1.165) is 18.2 Å². The molecule has 2 N–H and O–H groups in total. The third-order valence-electron chi connectivity index (χ3n) is 4.13. The summed E-state index contributed by atoms with van der Waals surface area (Å²) in [5.74, 6) is -1.66. The zero-order valence-electron chi connectivity index (χ0n) is 14.9. The van der Waals surface area contributed by atoms with E-state index in [0.29, 0.717) is 6.07 Å². The van der Waals surface area contributed by atoms with E-state index in [9.17, 15) is 31.1 Å². The van der Waals surface area contributed by atoms with Gasteiger partial charge in [0.15, 0.2) is 0 Å². The molecular formula is C20H12F6N2O2. The van der Waals surface area contributed by atoms with Gasteiger partial charge in [0.05, 0.1) is 5.56 Å². The lowest BCUT2D eigenvalue weighted by atomic mass is 9.91. The Balaban J connectivity index is 2.23. The Hall–Kier alpha value is -3.56. The predicted molar refractivity (Wildman–Crippen MR) is 95.3 cm³/mol. The lowest BCUT2D eigenvalue weighted by Gasteiger charge is -2.17. The fourth-order valence-corrected chi connectivity index (χ4v) is 2.91. The average Bonchev–Trinajstić information content (AvgIpc) is 2.66. The Morgan fingerprint density at radius 1 is 0.867 bits per heavy atom. The molecule has 1 amide bonds. The van der Waals surface area contributed by atoms with Gasteiger partial charge in [-0.15, -0.1) is 13.2 Å². The average molecular weight is 426 g/mol. The van der Waals surface area contributed by atoms with E-state index in [1.807, 2.05) is 0 Å². The van der Waals surface area contributed by atoms with Crippen LogP contribution in [-0.2, 0) is 6.18 Å². The van der Waals surface area contributed by atoms with E-state index < -0.39 is 35.3 Å². The largest absolute Gasteiger partial charge is 0.573 e. The second-order valence-electron chi connectivity index (χ2n) is 6.09. The third kappa shape index (κ3) is 4.53. The van der Waals surface area contributed by atoms with Gasteiger partial charge in [0.2, 0.25) is 5.91 Å². The molecule has 3 aromatic rings. The second-order valence-corrected chi connectivity index (χ2v) is 6.09. The molecule has 0 spiro atoms. The number of halogens is 6. The minimum Gasteiger partial charge on any atom is -0.405 e. The molecule has 0 radical (unpaired) electrons. The van der Waals surface area contributed by atoms with E-state index in [1.54, 1.807) is 0 Å². The Kier molecular flexibility index (Phi) is 5.43. The second kappa shape index (κ2) is 7.69. The number of carbonyl (C=O) groups excluding carboxylic acids is 1. The summed E-state index contributed by atoms with van der Waals surface area (Å²) in [6, 6.07) is 8.95. The summed E-state index contributed by atoms with van der Waals surface area (Å²) in [5, 5.41) is 0. The first-order valence-electron chi connectivity index (χ1n) is 8.28. The minimum absolute atomic E-state index is 0.00235. The van der Waals surface area contributed by atoms with Crippen LogP contribution in [-0.4, -0.2) is 17.3 Å². The van der Waals surface area contributed by atoms with Gasteiger partial charge in [-0.3, -0.25) is 9.78 Å². The van der Waals surface area contributed by atoms with Gasteiger partial charge >= 0.3 is 12.5 Å². The standard InChI is InChI=1S/C20H12F6N2O2/c21-19(22,23)11-5-6-12(15(9-11)18(27)29)16-10-28-8-7-13(16)14-3-1-2-4-17(14)30-20(24,25)26/h1-10H,(H2,27,29). The molecule has 3 rings (SSSR count). The Morgan fingerprint density at radius 3 is 2.20 bits per heavy atom. The number of amides is 1. The van der Waals surface area contributed by atoms with Crippen LogP contribution in [0, 0.1) is 0 Å². The van der Waals surface area contributed by atoms with Crippen LogP contribution < -0.4 is 10.5 Å². The van der Waals surface area contributed by atoms with E-state index in [2.05, 4.69) is 9.72 Å². The van der Waals surface area contributed by atoms with Crippen LogP contribution in [0.2, 0.25) is 0 Å². The van der Waals surface area contributed by atoms with Gasteiger partial charge in [0, 0.05) is 29.1 Å². The molecule has 0 bridgehead atoms. The van der Waals surface area contributed by atoms with Crippen LogP contribution in [0.25, 0.3) is 22.3 Å². The zero-order valence-corrected chi connectivity index (χ0v) is 14.9. The first-order valence-corrected chi connectivity index (χ1v) is 8.28. The van der Waals surface area contributed by atoms with Gasteiger partial charge in [-0.1, -0.05) is 24.3 Å². The maximum Gasteiger partial charge on any atom is 0.573 e. The monoisotopic (exact) mass is 426 g/mol. The van der Waals surface area contributed by atoms with E-state index in [1.165, 1.54) is 36.7 Å². The number of nitrogens with zero attached hydrogens (tertiary/aromatic N) is 1. The molecule has 0 aliphatic carbocycles. The van der Waals surface area contributed by atoms with Crippen molar-refractivity contribution < 1.29 is 35.9 Å². The number of alkyl halides is 6. The van der Waals surface area contributed by atoms with Crippen LogP contribution in [0.1, 0.15) is 15.9 Å². The van der Waals surface area contributed by atoms with Gasteiger partial charge in [0.25, 0.3) is 0 Å². The van der Waals surface area contributed by atoms with Crippen molar-refractivity contribution in [3.8, 4) is 28.0 Å². The van der Waals surface area contributed by atoms with Crippen molar-refractivity contribution in [2.24, 2.45) is 5.73 Å². The highest BCUT2D eigenvalue weighted by Gasteiger charge is 2.33. The molecule has 0 saturated heterocycles. The van der Waals surface area contributed by atoms with Crippen molar-refractivity contribution in [1.82, 2.24) is 4.98 Å². The van der Waals surface area contributed by atoms with E-state index in [4.69, 9.17) is 5.73 Å². The number of carbonyl (C=O) groups is 1. The topological polar surface area (TPSA) is 65.2 Å². The van der Waals surface area contributed by atoms with Crippen molar-refractivity contribution in [3.05, 3.63) is 72.1 Å². The van der Waals surface area contributed by atoms with Crippen LogP contribution in [0.3, 0.4) is 0 Å². The molecular weight excluding hydrogens is 414 g/mol. The number of hydrogen-bond acceptors (Lipinski definition) is 3. The van der Waals surface area contributed by atoms with Crippen LogP contribution >= 0.6 is 0 Å². The summed E-state index contributed by atoms with van der Waals surface area (Å²) in [6.45, 7) is 0. The van der Waals surface area contributed by atoms with Crippen molar-refractivity contribution in [2.75, 3.05) is 0 Å². The SMILES string of the molecule is NC(=O)c1cc(C(F)(F)F)ccc1-c1cnccc1-c1ccccc1OC(F)(F)F. The van der Waals surface area contributed by atoms with Gasteiger partial charge in [0.1, 0.15) is 5.75 Å². The van der Waals surface area contributed by atoms with Crippen LogP contribution in [0.4, 0.5) is 26.3 Å². The quantitative estimate of drug-likeness (QED) is 0.566. The van der Waals surface area contributed by atoms with Gasteiger partial charge in [-0.2, -0.15) is 13.2 Å². The molecule has 10 heteroatoms. The van der Waals surface area contributed by atoms with Crippen molar-refractivity contribution >= 4 is 5.91 Å². The maximum atomic E-state index is 13.0. The molecule has 1 aromatic heterocycles. The highest BCUT2D eigenvalue weighted by molar-refractivity contribution is 6.02. The molecule has 0 aliphatic heterocycles. The number of ether oxygens (including phenoxy) is 1. The molecule has 0 unspecified atom stereocenters. The van der Waals surface area contributed by atoms with Gasteiger partial charge in [-0.05, 0) is 35.4 Å². The molecule has 0 atom stereocenters. The first-order chi connectivity index (χ1) is 14.0. The van der Waals surface area contributed by atoms with E-state index in [-0.39, 0.29) is 22.3 Å². The number of benzene rings is 2. The molecule has 1 heterocycles. The molecule has 4 nitrogen and oxygen atoms in total. The normalized spacial score (nSPS) is 11.9. The lowest BCUT2D eigenvalue weighted by molar-refractivity contribution is -0.274. The van der Waals surface area contributed by atoms with Crippen molar-refractivity contribution in [3.63, 3.8) is 0 Å². The maximum absolute atomic E-state index is 13.0. The number of nitrogens with two attached hydrogens (primary N) is 1. The Labute approximate surface area is 165 Å². The summed E-state index contributed by atoms with van der Waals surface area (Å²) in [5.41, 5.74) is 3.98. The number of rotatable bonds is 4. The highest BCUT2D eigenvalue weighted by atomic mass is 19.4. The zero-order chi connectivity index (χ0) is 22.1. The molecule has 0 aliphatic rings. The summed E-state index contributed by atoms with van der Waals surface area (Å²) >= 11 is 0. The smallest absolute Gasteiger partial charge is 0.405 e. The van der Waals surface area contributed by atoms with Crippen LogP contribution in [0.5, 0.6) is 5.75 Å². The third-order valence-corrected chi connectivity index (χ3v) is 4.13. The van der Waals surface area contributed by atoms with Gasteiger partial charge < -0.3 is 10.5 Å². The fourth-order valence-electron chi connectivity index (χ4n) is 2.91. The fraction of sp³-hybridized carbons (Fsp3) is 0.100. The molecule has 0 fully saturated rings. The Bertz CT molecular complexity index is 1090. The number of aromatic nitrogens is 1. The van der Waals surface area contributed by atoms with E-state index >= 15 is 0 Å². The van der Waals surface area contributed by atoms with Crippen molar-refractivity contribution in [2.45, 2.75) is 12.5 Å². The van der Waals surface area contributed by atoms with Crippen molar-refractivity contribution in [1.29, 1.82) is 0 Å². The summed E-state index contributed by atoms with van der Waals surface area (Å²) in [4.78, 5) is 15.7. The van der Waals surface area contributed by atoms with Gasteiger partial charge in [-0.25, -0.2) is 0 Å². The van der Waals surface area contributed by atoms with Crippen LogP contribution in [0.15, 0.2) is 60.9 Å². The number of pyridine rings is 1. The number of primary amides is 1. The first kappa shape index (κ1) is 21.2. The summed E-state index contributed by atoms with van der Waals surface area (Å²) in [6.07, 6.45) is -7.17. The predicted octanol–water partition coefficient (Wildman–Crippen LogP) is 5.43. The molecule has 30 heavy (non-hydrogen) atoms. The summed E-state index contributed by atoms with van der Waals surface area (Å²) < 4.78 is 81.5. The summed E-state index contributed by atoms with van der Waals surface area (Å²) in [7, 11) is 0. The number of hydrogen-bond donors (Lipinski definition) is 1. The lowest BCUT2D eigenvalue weighted by Crippen LogP contribution is -2.17. The minimum atomic E-state index is -4.96. The number of para-hydroxylation sites is 1. The molecule has 156 valence electrons.